The van der Waals surface area contributed by atoms with Gasteiger partial charge in [0, 0.05) is 0 Å². The van der Waals surface area contributed by atoms with Crippen LogP contribution in [0.25, 0.3) is 0 Å². The van der Waals surface area contributed by atoms with Crippen molar-refractivity contribution < 1.29 is 9.53 Å². The number of rotatable bonds is 1. The summed E-state index contributed by atoms with van der Waals surface area (Å²) in [7, 11) is 0. The van der Waals surface area contributed by atoms with Crippen molar-refractivity contribution in [2.45, 2.75) is 45.6 Å². The van der Waals surface area contributed by atoms with E-state index in [4.69, 9.17) is 4.74 Å². The van der Waals surface area contributed by atoms with Crippen molar-refractivity contribution in [1.29, 1.82) is 0 Å². The van der Waals surface area contributed by atoms with Gasteiger partial charge >= 0.3 is 5.97 Å². The number of hydrogen-bond acceptors (Lipinski definition) is 2. The van der Waals surface area contributed by atoms with E-state index in [0.29, 0.717) is 0 Å². The summed E-state index contributed by atoms with van der Waals surface area (Å²) in [6.45, 7) is 5.72. The molecule has 0 aromatic rings. The van der Waals surface area contributed by atoms with Gasteiger partial charge in [-0.05, 0) is 33.6 Å². The average Bonchev–Trinajstić information content (AvgIpc) is 1.50. The molecule has 1 aliphatic rings. The maximum atomic E-state index is 11.2. The third-order valence-corrected chi connectivity index (χ3v) is 1.85. The second-order valence-electron chi connectivity index (χ2n) is 4.16. The molecule has 0 radical (unpaired) electrons. The van der Waals surface area contributed by atoms with Gasteiger partial charge in [0.05, 0.1) is 5.92 Å². The lowest BCUT2D eigenvalue weighted by molar-refractivity contribution is -0.162. The molecule has 0 N–H and O–H groups in total. The Kier molecular flexibility index (Phi) is 2.21. The zero-order valence-corrected chi connectivity index (χ0v) is 7.52. The molecule has 2 nitrogen and oxygen atoms in total. The van der Waals surface area contributed by atoms with E-state index < -0.39 is 0 Å². The molecule has 11 heavy (non-hydrogen) atoms. The Labute approximate surface area is 67.9 Å². The van der Waals surface area contributed by atoms with E-state index >= 15 is 0 Å². The summed E-state index contributed by atoms with van der Waals surface area (Å²) in [4.78, 5) is 11.2. The van der Waals surface area contributed by atoms with Crippen molar-refractivity contribution in [3.05, 3.63) is 0 Å². The Hall–Kier alpha value is -0.530. The van der Waals surface area contributed by atoms with Gasteiger partial charge in [-0.25, -0.2) is 0 Å². The van der Waals surface area contributed by atoms with Gasteiger partial charge < -0.3 is 4.74 Å². The van der Waals surface area contributed by atoms with Crippen LogP contribution in [0.1, 0.15) is 40.0 Å². The molecule has 1 rings (SSSR count). The van der Waals surface area contributed by atoms with Gasteiger partial charge in [0.15, 0.2) is 0 Å². The minimum atomic E-state index is -0.313. The van der Waals surface area contributed by atoms with Crippen LogP contribution in [0.5, 0.6) is 0 Å². The predicted octanol–water partition coefficient (Wildman–Crippen LogP) is 2.13. The van der Waals surface area contributed by atoms with Crippen LogP contribution >= 0.6 is 0 Å². The van der Waals surface area contributed by atoms with Gasteiger partial charge in [-0.1, -0.05) is 6.42 Å². The van der Waals surface area contributed by atoms with Crippen molar-refractivity contribution in [2.24, 2.45) is 5.92 Å². The zero-order valence-electron chi connectivity index (χ0n) is 7.52. The van der Waals surface area contributed by atoms with E-state index in [9.17, 15) is 4.79 Å². The Balaban J connectivity index is 2.31. The molecule has 0 heterocycles. The smallest absolute Gasteiger partial charge is 0.309 e. The highest BCUT2D eigenvalue weighted by Gasteiger charge is 2.29. The first-order valence-corrected chi connectivity index (χ1v) is 4.22. The molecule has 1 saturated carbocycles. The number of carbonyl (C=O) groups excluding carboxylic acids is 1. The average molecular weight is 156 g/mol. The van der Waals surface area contributed by atoms with Gasteiger partial charge in [-0.15, -0.1) is 0 Å². The zero-order chi connectivity index (χ0) is 8.48. The highest BCUT2D eigenvalue weighted by molar-refractivity contribution is 5.73. The maximum absolute atomic E-state index is 11.2. The van der Waals surface area contributed by atoms with Crippen LogP contribution in [0.3, 0.4) is 0 Å². The molecular formula is C9H16O2. The van der Waals surface area contributed by atoms with E-state index in [1.165, 1.54) is 6.42 Å². The summed E-state index contributed by atoms with van der Waals surface area (Å²) in [5.41, 5.74) is -0.313. The second-order valence-corrected chi connectivity index (χ2v) is 4.16. The third kappa shape index (κ3) is 2.52. The summed E-state index contributed by atoms with van der Waals surface area (Å²) in [5, 5.41) is 0. The van der Waals surface area contributed by atoms with Gasteiger partial charge in [0.25, 0.3) is 0 Å². The second kappa shape index (κ2) is 2.84. The minimum absolute atomic E-state index is 0.0104. The Bertz CT molecular complexity index is 151. The molecule has 0 unspecified atom stereocenters. The molecule has 2 heteroatoms. The normalized spacial score (nSPS) is 19.2. The van der Waals surface area contributed by atoms with E-state index in [2.05, 4.69) is 0 Å². The van der Waals surface area contributed by atoms with E-state index in [0.717, 1.165) is 12.8 Å². The van der Waals surface area contributed by atoms with Gasteiger partial charge in [-0.3, -0.25) is 4.79 Å². The van der Waals surface area contributed by atoms with Crippen LogP contribution < -0.4 is 0 Å². The van der Waals surface area contributed by atoms with Crippen molar-refractivity contribution in [3.8, 4) is 0 Å². The number of carbonyl (C=O) groups is 1. The SMILES string of the molecule is CC(C)(C)OC(=O)C1CCC1. The van der Waals surface area contributed by atoms with Crippen molar-refractivity contribution in [2.75, 3.05) is 0 Å². The van der Waals surface area contributed by atoms with E-state index in [-0.39, 0.29) is 17.5 Å². The highest BCUT2D eigenvalue weighted by atomic mass is 16.6. The Morgan fingerprint density at radius 2 is 1.91 bits per heavy atom. The van der Waals surface area contributed by atoms with Gasteiger partial charge in [0.2, 0.25) is 0 Å². The fraction of sp³-hybridized carbons (Fsp3) is 0.889. The largest absolute Gasteiger partial charge is 0.460 e. The Morgan fingerprint density at radius 1 is 1.36 bits per heavy atom. The van der Waals surface area contributed by atoms with Gasteiger partial charge in [0.1, 0.15) is 5.60 Å². The third-order valence-electron chi connectivity index (χ3n) is 1.85. The molecule has 1 aliphatic carbocycles. The fourth-order valence-electron chi connectivity index (χ4n) is 1.03. The molecule has 0 spiro atoms. The number of hydrogen-bond donors (Lipinski definition) is 0. The van der Waals surface area contributed by atoms with E-state index in [1.54, 1.807) is 0 Å². The monoisotopic (exact) mass is 156 g/mol. The molecular weight excluding hydrogens is 140 g/mol. The molecule has 0 aliphatic heterocycles. The Morgan fingerprint density at radius 3 is 2.18 bits per heavy atom. The summed E-state index contributed by atoms with van der Waals surface area (Å²) in [5.74, 6) is 0.193. The topological polar surface area (TPSA) is 26.3 Å². The van der Waals surface area contributed by atoms with E-state index in [1.807, 2.05) is 20.8 Å². The molecule has 0 atom stereocenters. The highest BCUT2D eigenvalue weighted by Crippen LogP contribution is 2.28. The molecule has 0 bridgehead atoms. The first kappa shape index (κ1) is 8.57. The lowest BCUT2D eigenvalue weighted by Gasteiger charge is -2.28. The van der Waals surface area contributed by atoms with Crippen molar-refractivity contribution in [3.63, 3.8) is 0 Å². The van der Waals surface area contributed by atoms with Crippen LogP contribution in [0, 0.1) is 5.92 Å². The lowest BCUT2D eigenvalue weighted by atomic mass is 9.85. The predicted molar refractivity (Wildman–Crippen MR) is 43.2 cm³/mol. The van der Waals surface area contributed by atoms with Crippen LogP contribution in [0.15, 0.2) is 0 Å². The molecule has 0 aromatic carbocycles. The minimum Gasteiger partial charge on any atom is -0.460 e. The standard InChI is InChI=1S/C9H16O2/c1-9(2,3)11-8(10)7-5-4-6-7/h7H,4-6H2,1-3H3. The summed E-state index contributed by atoms with van der Waals surface area (Å²) in [6.07, 6.45) is 3.23. The van der Waals surface area contributed by atoms with Crippen molar-refractivity contribution >= 4 is 5.97 Å². The van der Waals surface area contributed by atoms with Gasteiger partial charge in [-0.2, -0.15) is 0 Å². The van der Waals surface area contributed by atoms with Crippen molar-refractivity contribution in [1.82, 2.24) is 0 Å². The first-order valence-electron chi connectivity index (χ1n) is 4.22. The summed E-state index contributed by atoms with van der Waals surface area (Å²) >= 11 is 0. The first-order chi connectivity index (χ1) is 4.99. The molecule has 0 aromatic heterocycles. The fourth-order valence-corrected chi connectivity index (χ4v) is 1.03. The van der Waals surface area contributed by atoms with Crippen LogP contribution in [-0.2, 0) is 9.53 Å². The molecule has 0 amide bonds. The summed E-state index contributed by atoms with van der Waals surface area (Å²) in [6, 6.07) is 0. The van der Waals surface area contributed by atoms with Crippen LogP contribution in [0.4, 0.5) is 0 Å². The molecule has 64 valence electrons. The summed E-state index contributed by atoms with van der Waals surface area (Å²) < 4.78 is 5.20. The maximum Gasteiger partial charge on any atom is 0.309 e. The number of ether oxygens (including phenoxy) is 1. The van der Waals surface area contributed by atoms with Crippen LogP contribution in [-0.4, -0.2) is 11.6 Å². The van der Waals surface area contributed by atoms with Crippen LogP contribution in [0.2, 0.25) is 0 Å². The molecule has 1 fully saturated rings. The molecule has 0 saturated heterocycles. The lowest BCUT2D eigenvalue weighted by Crippen LogP contribution is -2.31. The number of esters is 1. The quantitative estimate of drug-likeness (QED) is 0.543.